The van der Waals surface area contributed by atoms with Crippen molar-refractivity contribution in [2.75, 3.05) is 0 Å². The second-order valence-electron chi connectivity index (χ2n) is 5.12. The fourth-order valence-corrected chi connectivity index (χ4v) is 2.53. The number of amides is 1. The Kier molecular flexibility index (Phi) is 4.93. The summed E-state index contributed by atoms with van der Waals surface area (Å²) in [5.74, 6) is -0.939. The highest BCUT2D eigenvalue weighted by Gasteiger charge is 2.32. The summed E-state index contributed by atoms with van der Waals surface area (Å²) in [6.07, 6.45) is 4.07. The van der Waals surface area contributed by atoms with Crippen LogP contribution < -0.4 is 5.32 Å². The van der Waals surface area contributed by atoms with E-state index in [1.165, 1.54) is 0 Å². The maximum atomic E-state index is 12.2. The number of carbonyl (C=O) groups excluding carboxylic acids is 1. The predicted octanol–water partition coefficient (Wildman–Crippen LogP) is 2.64. The van der Waals surface area contributed by atoms with E-state index in [9.17, 15) is 9.59 Å². The summed E-state index contributed by atoms with van der Waals surface area (Å²) in [5, 5.41) is 11.9. The van der Waals surface area contributed by atoms with Gasteiger partial charge in [-0.25, -0.2) is 0 Å². The van der Waals surface area contributed by atoms with E-state index in [1.807, 2.05) is 20.8 Å². The highest BCUT2D eigenvalue weighted by Crippen LogP contribution is 2.27. The summed E-state index contributed by atoms with van der Waals surface area (Å²) in [6.45, 7) is 5.82. The van der Waals surface area contributed by atoms with Gasteiger partial charge >= 0.3 is 5.97 Å². The lowest BCUT2D eigenvalue weighted by atomic mass is 9.88. The molecule has 1 aliphatic rings. The average molecular weight is 253 g/mol. The molecule has 0 aliphatic heterocycles. The lowest BCUT2D eigenvalue weighted by molar-refractivity contribution is -0.139. The van der Waals surface area contributed by atoms with Crippen LogP contribution in [0.5, 0.6) is 0 Å². The molecule has 0 heterocycles. The van der Waals surface area contributed by atoms with E-state index in [4.69, 9.17) is 5.11 Å². The molecular formula is C14H23NO3. The molecule has 0 bridgehead atoms. The zero-order chi connectivity index (χ0) is 13.8. The number of carboxylic acids is 1. The normalized spacial score (nSPS) is 15.9. The largest absolute Gasteiger partial charge is 0.481 e. The summed E-state index contributed by atoms with van der Waals surface area (Å²) in [4.78, 5) is 23.1. The molecule has 0 unspecified atom stereocenters. The molecule has 4 heteroatoms. The van der Waals surface area contributed by atoms with Gasteiger partial charge in [0, 0.05) is 5.57 Å². The van der Waals surface area contributed by atoms with Crippen LogP contribution in [0.2, 0.25) is 0 Å². The average Bonchev–Trinajstić information content (AvgIpc) is 2.74. The van der Waals surface area contributed by atoms with Crippen molar-refractivity contribution in [1.82, 2.24) is 5.32 Å². The number of carboxylic acid groups (broad SMARTS) is 1. The molecule has 0 saturated carbocycles. The molecule has 2 N–H and O–H groups in total. The smallest absolute Gasteiger partial charge is 0.305 e. The van der Waals surface area contributed by atoms with Crippen LogP contribution in [0.25, 0.3) is 0 Å². The Morgan fingerprint density at radius 3 is 2.28 bits per heavy atom. The molecule has 0 spiro atoms. The summed E-state index contributed by atoms with van der Waals surface area (Å²) in [7, 11) is 0. The molecule has 0 atom stereocenters. The van der Waals surface area contributed by atoms with Gasteiger partial charge in [0.2, 0.25) is 5.91 Å². The van der Waals surface area contributed by atoms with Gasteiger partial charge in [-0.2, -0.15) is 0 Å². The first-order valence-corrected chi connectivity index (χ1v) is 6.67. The molecule has 0 aromatic heterocycles. The van der Waals surface area contributed by atoms with E-state index in [0.29, 0.717) is 12.8 Å². The van der Waals surface area contributed by atoms with E-state index in [0.717, 1.165) is 30.4 Å². The topological polar surface area (TPSA) is 66.4 Å². The van der Waals surface area contributed by atoms with Crippen LogP contribution in [0.4, 0.5) is 0 Å². The molecule has 0 saturated heterocycles. The van der Waals surface area contributed by atoms with Gasteiger partial charge in [0.1, 0.15) is 0 Å². The van der Waals surface area contributed by atoms with Crippen molar-refractivity contribution in [2.45, 2.75) is 64.8 Å². The Morgan fingerprint density at radius 2 is 1.89 bits per heavy atom. The number of aliphatic carboxylic acids is 1. The molecule has 0 aromatic rings. The number of hydrogen-bond donors (Lipinski definition) is 2. The third kappa shape index (κ3) is 3.34. The van der Waals surface area contributed by atoms with Gasteiger partial charge in [0.15, 0.2) is 0 Å². The number of hydrogen-bond acceptors (Lipinski definition) is 2. The first-order chi connectivity index (χ1) is 8.44. The Hall–Kier alpha value is -1.32. The molecule has 0 fully saturated rings. The van der Waals surface area contributed by atoms with Crippen molar-refractivity contribution in [2.24, 2.45) is 0 Å². The molecule has 1 aliphatic carbocycles. The van der Waals surface area contributed by atoms with Gasteiger partial charge in [-0.05, 0) is 39.0 Å². The molecule has 1 rings (SSSR count). The van der Waals surface area contributed by atoms with E-state index < -0.39 is 11.5 Å². The molecule has 0 radical (unpaired) electrons. The van der Waals surface area contributed by atoms with Crippen LogP contribution in [-0.2, 0) is 9.59 Å². The van der Waals surface area contributed by atoms with Gasteiger partial charge in [0.25, 0.3) is 0 Å². The summed E-state index contributed by atoms with van der Waals surface area (Å²) in [6, 6.07) is 0. The predicted molar refractivity (Wildman–Crippen MR) is 70.3 cm³/mol. The summed E-state index contributed by atoms with van der Waals surface area (Å²) in [5.41, 5.74) is 1.38. The van der Waals surface area contributed by atoms with Crippen molar-refractivity contribution in [3.8, 4) is 0 Å². The highest BCUT2D eigenvalue weighted by molar-refractivity contribution is 5.95. The molecule has 0 aromatic carbocycles. The number of nitrogens with one attached hydrogen (secondary N) is 1. The third-order valence-electron chi connectivity index (χ3n) is 3.99. The monoisotopic (exact) mass is 253 g/mol. The Morgan fingerprint density at radius 1 is 1.28 bits per heavy atom. The molecule has 4 nitrogen and oxygen atoms in total. The molecule has 1 amide bonds. The maximum absolute atomic E-state index is 12.2. The van der Waals surface area contributed by atoms with E-state index >= 15 is 0 Å². The van der Waals surface area contributed by atoms with Crippen molar-refractivity contribution in [1.29, 1.82) is 0 Å². The Bertz CT molecular complexity index is 367. The Balaban J connectivity index is 2.81. The van der Waals surface area contributed by atoms with E-state index in [1.54, 1.807) is 0 Å². The fraction of sp³-hybridized carbons (Fsp3) is 0.714. The quantitative estimate of drug-likeness (QED) is 0.764. The summed E-state index contributed by atoms with van der Waals surface area (Å²) >= 11 is 0. The van der Waals surface area contributed by atoms with Crippen LogP contribution >= 0.6 is 0 Å². The SMILES string of the molecule is CCC(CC)(CC(=O)O)NC(=O)C1=C(C)CCC1. The number of rotatable bonds is 6. The van der Waals surface area contributed by atoms with E-state index in [2.05, 4.69) is 5.32 Å². The molecule has 102 valence electrons. The van der Waals surface area contributed by atoms with Gasteiger partial charge in [0.05, 0.1) is 12.0 Å². The van der Waals surface area contributed by atoms with Crippen molar-refractivity contribution in [3.05, 3.63) is 11.1 Å². The van der Waals surface area contributed by atoms with Crippen LogP contribution in [0.1, 0.15) is 59.3 Å². The number of carbonyl (C=O) groups is 2. The van der Waals surface area contributed by atoms with Crippen LogP contribution in [0.3, 0.4) is 0 Å². The zero-order valence-corrected chi connectivity index (χ0v) is 11.5. The minimum absolute atomic E-state index is 0.0158. The highest BCUT2D eigenvalue weighted by atomic mass is 16.4. The van der Waals surface area contributed by atoms with Crippen LogP contribution in [0.15, 0.2) is 11.1 Å². The summed E-state index contributed by atoms with van der Waals surface area (Å²) < 4.78 is 0. The minimum atomic E-state index is -0.865. The van der Waals surface area contributed by atoms with Crippen molar-refractivity contribution in [3.63, 3.8) is 0 Å². The first-order valence-electron chi connectivity index (χ1n) is 6.67. The second-order valence-corrected chi connectivity index (χ2v) is 5.12. The van der Waals surface area contributed by atoms with Gasteiger partial charge in [-0.15, -0.1) is 0 Å². The van der Waals surface area contributed by atoms with Crippen LogP contribution in [0, 0.1) is 0 Å². The van der Waals surface area contributed by atoms with Gasteiger partial charge < -0.3 is 10.4 Å². The number of allylic oxidation sites excluding steroid dienone is 1. The van der Waals surface area contributed by atoms with Gasteiger partial charge in [-0.3, -0.25) is 9.59 Å². The Labute approximate surface area is 108 Å². The lowest BCUT2D eigenvalue weighted by Gasteiger charge is -2.31. The second kappa shape index (κ2) is 6.03. The first kappa shape index (κ1) is 14.7. The zero-order valence-electron chi connectivity index (χ0n) is 11.5. The fourth-order valence-electron chi connectivity index (χ4n) is 2.53. The minimum Gasteiger partial charge on any atom is -0.481 e. The molecule has 18 heavy (non-hydrogen) atoms. The van der Waals surface area contributed by atoms with Crippen molar-refractivity contribution >= 4 is 11.9 Å². The third-order valence-corrected chi connectivity index (χ3v) is 3.99. The lowest BCUT2D eigenvalue weighted by Crippen LogP contribution is -2.49. The van der Waals surface area contributed by atoms with Gasteiger partial charge in [-0.1, -0.05) is 19.4 Å². The van der Waals surface area contributed by atoms with E-state index in [-0.39, 0.29) is 12.3 Å². The maximum Gasteiger partial charge on any atom is 0.305 e. The van der Waals surface area contributed by atoms with Crippen molar-refractivity contribution < 1.29 is 14.7 Å². The molecular weight excluding hydrogens is 230 g/mol. The standard InChI is InChI=1S/C14H23NO3/c1-4-14(5-2,9-12(16)17)15-13(18)11-8-6-7-10(11)3/h4-9H2,1-3H3,(H,15,18)(H,16,17). The van der Waals surface area contributed by atoms with Crippen LogP contribution in [-0.4, -0.2) is 22.5 Å².